The molecular formula is C30H31ClF3N3O5. The quantitative estimate of drug-likeness (QED) is 0.507. The van der Waals surface area contributed by atoms with Crippen molar-refractivity contribution in [3.05, 3.63) is 57.4 Å². The second-order valence-electron chi connectivity index (χ2n) is 11.9. The van der Waals surface area contributed by atoms with Crippen molar-refractivity contribution in [2.24, 2.45) is 11.8 Å². The minimum absolute atomic E-state index is 0.102. The molecule has 8 nitrogen and oxygen atoms in total. The average Bonchev–Trinajstić information content (AvgIpc) is 3.55. The Morgan fingerprint density at radius 1 is 1.07 bits per heavy atom. The number of carboxylic acid groups (broad SMARTS) is 1. The lowest BCUT2D eigenvalue weighted by Crippen LogP contribution is -2.38. The average molecular weight is 606 g/mol. The number of fused-ring (bicyclic) bond motifs is 1. The van der Waals surface area contributed by atoms with E-state index in [1.165, 1.54) is 18.2 Å². The fourth-order valence-electron chi connectivity index (χ4n) is 6.80. The van der Waals surface area contributed by atoms with Gasteiger partial charge in [-0.25, -0.2) is 0 Å². The first-order valence-electron chi connectivity index (χ1n) is 14.3. The number of alkyl halides is 3. The number of aromatic nitrogens is 2. The van der Waals surface area contributed by atoms with Crippen molar-refractivity contribution in [3.63, 3.8) is 0 Å². The maximum absolute atomic E-state index is 14.2. The summed E-state index contributed by atoms with van der Waals surface area (Å²) in [6.45, 7) is 0.679. The summed E-state index contributed by atoms with van der Waals surface area (Å²) < 4.78 is 43.7. The zero-order valence-corrected chi connectivity index (χ0v) is 23.5. The number of rotatable bonds is 5. The van der Waals surface area contributed by atoms with Gasteiger partial charge in [-0.1, -0.05) is 29.8 Å². The number of β-amino-alcohol motifs (C(OH)–C–C–N with tert-alkyl or cyclic N) is 1. The van der Waals surface area contributed by atoms with E-state index in [2.05, 4.69) is 5.10 Å². The lowest BCUT2D eigenvalue weighted by atomic mass is 9.82. The van der Waals surface area contributed by atoms with Gasteiger partial charge >= 0.3 is 12.1 Å². The summed E-state index contributed by atoms with van der Waals surface area (Å²) in [6, 6.07) is 4.11. The van der Waals surface area contributed by atoms with Crippen LogP contribution in [0.1, 0.15) is 77.8 Å². The van der Waals surface area contributed by atoms with Crippen molar-refractivity contribution in [1.82, 2.24) is 14.7 Å². The Balaban J connectivity index is 1.42. The lowest BCUT2D eigenvalue weighted by Gasteiger charge is -2.27. The highest BCUT2D eigenvalue weighted by Gasteiger charge is 2.65. The molecule has 224 valence electrons. The van der Waals surface area contributed by atoms with E-state index in [0.717, 1.165) is 15.8 Å². The zero-order chi connectivity index (χ0) is 30.0. The molecule has 0 spiro atoms. The molecule has 1 amide bonds. The van der Waals surface area contributed by atoms with Crippen LogP contribution in [0.4, 0.5) is 13.2 Å². The smallest absolute Gasteiger partial charge is 0.398 e. The van der Waals surface area contributed by atoms with E-state index in [1.807, 2.05) is 6.08 Å². The van der Waals surface area contributed by atoms with Gasteiger partial charge in [-0.05, 0) is 68.6 Å². The van der Waals surface area contributed by atoms with Crippen LogP contribution in [0.2, 0.25) is 5.02 Å². The first-order chi connectivity index (χ1) is 19.9. The summed E-state index contributed by atoms with van der Waals surface area (Å²) in [5.74, 6) is -2.79. The highest BCUT2D eigenvalue weighted by molar-refractivity contribution is 6.34. The molecule has 6 rings (SSSR count). The first-order valence-corrected chi connectivity index (χ1v) is 14.7. The number of aliphatic hydroxyl groups is 1. The van der Waals surface area contributed by atoms with Gasteiger partial charge in [0, 0.05) is 31.0 Å². The van der Waals surface area contributed by atoms with Crippen LogP contribution in [0, 0.1) is 11.8 Å². The number of carbonyl (C=O) groups excluding carboxylic acids is 2. The number of nitrogens with zero attached hydrogens (tertiary/aromatic N) is 3. The highest BCUT2D eigenvalue weighted by Crippen LogP contribution is 2.60. The third-order valence-electron chi connectivity index (χ3n) is 9.39. The fourth-order valence-corrected chi connectivity index (χ4v) is 7.05. The Kier molecular flexibility index (Phi) is 7.24. The summed E-state index contributed by atoms with van der Waals surface area (Å²) >= 11 is 6.44. The third-order valence-corrected chi connectivity index (χ3v) is 9.70. The lowest BCUT2D eigenvalue weighted by molar-refractivity contribution is -0.160. The van der Waals surface area contributed by atoms with Crippen LogP contribution in [0.15, 0.2) is 24.3 Å². The molecule has 2 aromatic rings. The predicted octanol–water partition coefficient (Wildman–Crippen LogP) is 4.79. The van der Waals surface area contributed by atoms with Crippen molar-refractivity contribution in [3.8, 4) is 0 Å². The molecule has 2 heterocycles. The van der Waals surface area contributed by atoms with Crippen LogP contribution >= 0.6 is 11.6 Å². The summed E-state index contributed by atoms with van der Waals surface area (Å²) in [5.41, 5.74) is -0.0419. The minimum Gasteiger partial charge on any atom is -0.481 e. The predicted molar refractivity (Wildman–Crippen MR) is 146 cm³/mol. The molecule has 0 radical (unpaired) electrons. The van der Waals surface area contributed by atoms with E-state index < -0.39 is 41.4 Å². The van der Waals surface area contributed by atoms with Crippen LogP contribution in [0.3, 0.4) is 0 Å². The minimum atomic E-state index is -4.56. The molecule has 2 fully saturated rings. The Hall–Kier alpha value is -3.18. The van der Waals surface area contributed by atoms with Gasteiger partial charge in [-0.2, -0.15) is 23.0 Å². The highest BCUT2D eigenvalue weighted by atomic mass is 35.5. The summed E-state index contributed by atoms with van der Waals surface area (Å²) in [6.07, 6.45) is -0.917. The number of carbonyl (C=O) groups is 3. The SMILES string of the molecule is O=C(O)C1CC=C(c2nn(C(=O)c3c(Cl)cccc3C3(C(F)(F)F)CC3)c3c2CCC(C(=O)N2CCC(O)C2)C3)CC1. The van der Waals surface area contributed by atoms with E-state index >= 15 is 0 Å². The maximum Gasteiger partial charge on any atom is 0.398 e. The van der Waals surface area contributed by atoms with Crippen LogP contribution in [0.5, 0.6) is 0 Å². The van der Waals surface area contributed by atoms with Gasteiger partial charge < -0.3 is 15.1 Å². The van der Waals surface area contributed by atoms with Crippen molar-refractivity contribution in [1.29, 1.82) is 0 Å². The molecule has 0 bridgehead atoms. The van der Waals surface area contributed by atoms with Crippen LogP contribution < -0.4 is 0 Å². The summed E-state index contributed by atoms with van der Waals surface area (Å²) in [5, 5.41) is 23.9. The number of carboxylic acids is 1. The number of halogens is 4. The number of likely N-dealkylation sites (tertiary alicyclic amines) is 1. The molecule has 3 unspecified atom stereocenters. The summed E-state index contributed by atoms with van der Waals surface area (Å²) in [4.78, 5) is 40.7. The maximum atomic E-state index is 14.2. The monoisotopic (exact) mass is 605 g/mol. The Morgan fingerprint density at radius 3 is 2.40 bits per heavy atom. The molecule has 12 heteroatoms. The van der Waals surface area contributed by atoms with Crippen molar-refractivity contribution in [2.45, 2.75) is 75.5 Å². The largest absolute Gasteiger partial charge is 0.481 e. The van der Waals surface area contributed by atoms with Crippen LogP contribution in [-0.2, 0) is 27.8 Å². The molecule has 1 saturated carbocycles. The molecule has 1 aliphatic heterocycles. The van der Waals surface area contributed by atoms with Gasteiger partial charge in [-0.3, -0.25) is 14.4 Å². The second-order valence-corrected chi connectivity index (χ2v) is 12.3. The Bertz CT molecular complexity index is 1500. The molecule has 3 aliphatic carbocycles. The third kappa shape index (κ3) is 4.84. The van der Waals surface area contributed by atoms with Gasteiger partial charge in [-0.15, -0.1) is 0 Å². The molecule has 4 aliphatic rings. The van der Waals surface area contributed by atoms with Crippen molar-refractivity contribution in [2.75, 3.05) is 13.1 Å². The number of aliphatic hydroxyl groups excluding tert-OH is 1. The van der Waals surface area contributed by atoms with E-state index in [-0.39, 0.29) is 47.9 Å². The normalized spacial score (nSPS) is 25.1. The summed E-state index contributed by atoms with van der Waals surface area (Å²) in [7, 11) is 0. The van der Waals surface area contributed by atoms with Crippen molar-refractivity contribution < 1.29 is 37.8 Å². The molecule has 2 N–H and O–H groups in total. The molecule has 1 aromatic heterocycles. The second kappa shape index (κ2) is 10.5. The van der Waals surface area contributed by atoms with Crippen LogP contribution in [-0.4, -0.2) is 68.0 Å². The fraction of sp³-hybridized carbons (Fsp3) is 0.533. The number of amides is 1. The molecule has 3 atom stereocenters. The number of aliphatic carboxylic acids is 1. The first kappa shape index (κ1) is 28.9. The molecular weight excluding hydrogens is 575 g/mol. The van der Waals surface area contributed by atoms with Gasteiger partial charge in [0.25, 0.3) is 5.91 Å². The number of hydrogen-bond acceptors (Lipinski definition) is 5. The van der Waals surface area contributed by atoms with Gasteiger partial charge in [0.05, 0.1) is 39.4 Å². The number of allylic oxidation sites excluding steroid dienone is 2. The zero-order valence-electron chi connectivity index (χ0n) is 22.8. The van der Waals surface area contributed by atoms with Crippen LogP contribution in [0.25, 0.3) is 5.57 Å². The van der Waals surface area contributed by atoms with Gasteiger partial charge in [0.15, 0.2) is 0 Å². The van der Waals surface area contributed by atoms with E-state index in [4.69, 9.17) is 11.6 Å². The van der Waals surface area contributed by atoms with E-state index in [9.17, 15) is 37.8 Å². The number of hydrogen-bond donors (Lipinski definition) is 2. The standard InChI is InChI=1S/C30H31ClF3N3O5/c31-22-3-1-2-21(29(11-12-29)30(32,33)34)24(22)27(40)37-23-14-18(26(39)36-13-10-19(38)15-36)8-9-20(23)25(35-37)16-4-6-17(7-5-16)28(41)42/h1-4,17-19,38H,5-15H2,(H,41,42). The molecule has 1 saturated heterocycles. The molecule has 42 heavy (non-hydrogen) atoms. The number of benzene rings is 1. The van der Waals surface area contributed by atoms with Gasteiger partial charge in [0.2, 0.25) is 5.91 Å². The Labute approximate surface area is 245 Å². The van der Waals surface area contributed by atoms with Gasteiger partial charge in [0.1, 0.15) is 0 Å². The van der Waals surface area contributed by atoms with E-state index in [0.29, 0.717) is 56.5 Å². The van der Waals surface area contributed by atoms with Crippen molar-refractivity contribution >= 4 is 35.0 Å². The topological polar surface area (TPSA) is 113 Å². The Morgan fingerprint density at radius 2 is 1.81 bits per heavy atom. The van der Waals surface area contributed by atoms with E-state index in [1.54, 1.807) is 4.90 Å². The molecule has 1 aromatic carbocycles.